The number of rotatable bonds is 5. The Hall–Kier alpha value is -3.23. The SMILES string of the molecule is CCCC(=O)N1CCN(c2ncnc3c2nnn3-c2cccc(OC)c2)CC1. The maximum atomic E-state index is 12.1. The fourth-order valence-electron chi connectivity index (χ4n) is 3.42. The number of aromatic nitrogens is 5. The van der Waals surface area contributed by atoms with Crippen LogP contribution in [-0.2, 0) is 4.79 Å². The van der Waals surface area contributed by atoms with Crippen molar-refractivity contribution in [2.45, 2.75) is 19.8 Å². The number of carbonyl (C=O) groups is 1. The molecule has 9 nitrogen and oxygen atoms in total. The minimum atomic E-state index is 0.221. The Kier molecular flexibility index (Phi) is 5.05. The van der Waals surface area contributed by atoms with Crippen LogP contribution < -0.4 is 9.64 Å². The first-order chi connectivity index (χ1) is 13.7. The van der Waals surface area contributed by atoms with Crippen molar-refractivity contribution in [1.82, 2.24) is 29.9 Å². The first-order valence-corrected chi connectivity index (χ1v) is 9.45. The number of hydrogen-bond acceptors (Lipinski definition) is 7. The largest absolute Gasteiger partial charge is 0.497 e. The fraction of sp³-hybridized carbons (Fsp3) is 0.421. The summed E-state index contributed by atoms with van der Waals surface area (Å²) >= 11 is 0. The van der Waals surface area contributed by atoms with E-state index in [9.17, 15) is 4.79 Å². The second-order valence-electron chi connectivity index (χ2n) is 6.69. The van der Waals surface area contributed by atoms with Gasteiger partial charge in [0.2, 0.25) is 5.91 Å². The molecular formula is C19H23N7O2. The number of amides is 1. The molecule has 1 amide bonds. The smallest absolute Gasteiger partial charge is 0.222 e. The molecule has 0 aliphatic carbocycles. The van der Waals surface area contributed by atoms with Crippen molar-refractivity contribution in [1.29, 1.82) is 0 Å². The number of hydrogen-bond donors (Lipinski definition) is 0. The molecule has 0 atom stereocenters. The second kappa shape index (κ2) is 7.79. The van der Waals surface area contributed by atoms with Crippen LogP contribution in [0.1, 0.15) is 19.8 Å². The minimum absolute atomic E-state index is 0.221. The van der Waals surface area contributed by atoms with Crippen molar-refractivity contribution in [3.63, 3.8) is 0 Å². The second-order valence-corrected chi connectivity index (χ2v) is 6.69. The standard InChI is InChI=1S/C19H23N7O2/c1-3-5-16(27)24-8-10-25(11-9-24)18-17-19(21-13-20-18)26(23-22-17)14-6-4-7-15(12-14)28-2/h4,6-7,12-13H,3,5,8-11H2,1-2H3. The highest BCUT2D eigenvalue weighted by Gasteiger charge is 2.24. The van der Waals surface area contributed by atoms with Crippen LogP contribution >= 0.6 is 0 Å². The van der Waals surface area contributed by atoms with Gasteiger partial charge in [-0.3, -0.25) is 4.79 Å². The predicted octanol–water partition coefficient (Wildman–Crippen LogP) is 1.67. The number of fused-ring (bicyclic) bond motifs is 1. The van der Waals surface area contributed by atoms with Gasteiger partial charge in [0.25, 0.3) is 0 Å². The van der Waals surface area contributed by atoms with Crippen molar-refractivity contribution in [3.05, 3.63) is 30.6 Å². The third kappa shape index (κ3) is 3.35. The summed E-state index contributed by atoms with van der Waals surface area (Å²) in [6.07, 6.45) is 3.01. The van der Waals surface area contributed by atoms with E-state index < -0.39 is 0 Å². The van der Waals surface area contributed by atoms with E-state index in [1.807, 2.05) is 36.1 Å². The van der Waals surface area contributed by atoms with Gasteiger partial charge < -0.3 is 14.5 Å². The van der Waals surface area contributed by atoms with Crippen molar-refractivity contribution < 1.29 is 9.53 Å². The number of piperazine rings is 1. The summed E-state index contributed by atoms with van der Waals surface area (Å²) in [5.41, 5.74) is 2.11. The number of benzene rings is 1. The summed E-state index contributed by atoms with van der Waals surface area (Å²) in [5.74, 6) is 1.71. The average molecular weight is 381 g/mol. The zero-order valence-electron chi connectivity index (χ0n) is 16.1. The Morgan fingerprint density at radius 2 is 2.00 bits per heavy atom. The molecule has 3 heterocycles. The lowest BCUT2D eigenvalue weighted by Crippen LogP contribution is -2.49. The van der Waals surface area contributed by atoms with Crippen molar-refractivity contribution in [2.24, 2.45) is 0 Å². The molecule has 1 saturated heterocycles. The van der Waals surface area contributed by atoms with Gasteiger partial charge in [-0.25, -0.2) is 9.97 Å². The van der Waals surface area contributed by atoms with Crippen LogP contribution in [0.3, 0.4) is 0 Å². The molecule has 1 fully saturated rings. The van der Waals surface area contributed by atoms with Crippen LogP contribution in [0.25, 0.3) is 16.9 Å². The molecular weight excluding hydrogens is 358 g/mol. The van der Waals surface area contributed by atoms with E-state index in [1.165, 1.54) is 6.33 Å². The third-order valence-corrected chi connectivity index (χ3v) is 4.91. The van der Waals surface area contributed by atoms with E-state index in [0.29, 0.717) is 43.8 Å². The number of methoxy groups -OCH3 is 1. The summed E-state index contributed by atoms with van der Waals surface area (Å²) in [4.78, 5) is 25.0. The highest BCUT2D eigenvalue weighted by atomic mass is 16.5. The predicted molar refractivity (Wildman–Crippen MR) is 105 cm³/mol. The number of ether oxygens (including phenoxy) is 1. The Labute approximate surface area is 162 Å². The maximum Gasteiger partial charge on any atom is 0.222 e. The van der Waals surface area contributed by atoms with Crippen LogP contribution in [0.5, 0.6) is 5.75 Å². The van der Waals surface area contributed by atoms with E-state index in [4.69, 9.17) is 4.74 Å². The van der Waals surface area contributed by atoms with Crippen LogP contribution in [0, 0.1) is 0 Å². The van der Waals surface area contributed by atoms with Crippen LogP contribution in [-0.4, -0.2) is 69.1 Å². The topological polar surface area (TPSA) is 89.3 Å². The molecule has 0 unspecified atom stereocenters. The molecule has 0 spiro atoms. The quantitative estimate of drug-likeness (QED) is 0.664. The Balaban J connectivity index is 1.60. The highest BCUT2D eigenvalue weighted by molar-refractivity contribution is 5.84. The Morgan fingerprint density at radius 3 is 2.75 bits per heavy atom. The molecule has 1 aliphatic rings. The molecule has 146 valence electrons. The molecule has 3 aromatic rings. The van der Waals surface area contributed by atoms with Crippen molar-refractivity contribution >= 4 is 22.9 Å². The summed E-state index contributed by atoms with van der Waals surface area (Å²) in [6, 6.07) is 7.59. The Bertz CT molecular complexity index is 979. The van der Waals surface area contributed by atoms with Gasteiger partial charge in [0.1, 0.15) is 12.1 Å². The molecule has 1 aliphatic heterocycles. The van der Waals surface area contributed by atoms with Gasteiger partial charge in [0.15, 0.2) is 17.0 Å². The highest BCUT2D eigenvalue weighted by Crippen LogP contribution is 2.25. The van der Waals surface area contributed by atoms with Crippen molar-refractivity contribution in [3.8, 4) is 11.4 Å². The van der Waals surface area contributed by atoms with Crippen molar-refractivity contribution in [2.75, 3.05) is 38.2 Å². The van der Waals surface area contributed by atoms with Gasteiger partial charge in [-0.1, -0.05) is 18.2 Å². The fourth-order valence-corrected chi connectivity index (χ4v) is 3.42. The molecule has 0 bridgehead atoms. The van der Waals surface area contributed by atoms with Crippen LogP contribution in [0.4, 0.5) is 5.82 Å². The minimum Gasteiger partial charge on any atom is -0.497 e. The van der Waals surface area contributed by atoms with E-state index in [1.54, 1.807) is 11.8 Å². The zero-order valence-corrected chi connectivity index (χ0v) is 16.1. The normalized spacial score (nSPS) is 14.5. The van der Waals surface area contributed by atoms with Crippen LogP contribution in [0.15, 0.2) is 30.6 Å². The van der Waals surface area contributed by atoms with E-state index in [0.717, 1.165) is 23.7 Å². The summed E-state index contributed by atoms with van der Waals surface area (Å²) in [7, 11) is 1.63. The molecule has 4 rings (SSSR count). The molecule has 1 aromatic carbocycles. The molecule has 0 N–H and O–H groups in total. The lowest BCUT2D eigenvalue weighted by Gasteiger charge is -2.35. The monoisotopic (exact) mass is 381 g/mol. The number of carbonyl (C=O) groups excluding carboxylic acids is 1. The first kappa shape index (κ1) is 18.1. The Morgan fingerprint density at radius 1 is 1.18 bits per heavy atom. The lowest BCUT2D eigenvalue weighted by atomic mass is 10.2. The average Bonchev–Trinajstić information content (AvgIpc) is 3.18. The molecule has 2 aromatic heterocycles. The maximum absolute atomic E-state index is 12.1. The summed E-state index contributed by atoms with van der Waals surface area (Å²) < 4.78 is 6.98. The first-order valence-electron chi connectivity index (χ1n) is 9.45. The van der Waals surface area contributed by atoms with Gasteiger partial charge in [0.05, 0.1) is 12.8 Å². The van der Waals surface area contributed by atoms with E-state index in [-0.39, 0.29) is 5.91 Å². The lowest BCUT2D eigenvalue weighted by molar-refractivity contribution is -0.131. The van der Waals surface area contributed by atoms with Gasteiger partial charge >= 0.3 is 0 Å². The molecule has 0 radical (unpaired) electrons. The summed E-state index contributed by atoms with van der Waals surface area (Å²) in [6.45, 7) is 4.83. The zero-order chi connectivity index (χ0) is 19.5. The summed E-state index contributed by atoms with van der Waals surface area (Å²) in [5, 5.41) is 8.62. The van der Waals surface area contributed by atoms with Crippen LogP contribution in [0.2, 0.25) is 0 Å². The van der Waals surface area contributed by atoms with Gasteiger partial charge in [-0.15, -0.1) is 5.10 Å². The molecule has 0 saturated carbocycles. The van der Waals surface area contributed by atoms with Gasteiger partial charge in [-0.05, 0) is 18.6 Å². The molecule has 9 heteroatoms. The van der Waals surface area contributed by atoms with Gasteiger partial charge in [0, 0.05) is 38.7 Å². The van der Waals surface area contributed by atoms with E-state index in [2.05, 4.69) is 25.2 Å². The number of anilines is 1. The number of nitrogens with zero attached hydrogens (tertiary/aromatic N) is 7. The third-order valence-electron chi connectivity index (χ3n) is 4.91. The van der Waals surface area contributed by atoms with E-state index >= 15 is 0 Å². The van der Waals surface area contributed by atoms with Gasteiger partial charge in [-0.2, -0.15) is 4.68 Å². The molecule has 28 heavy (non-hydrogen) atoms.